The molecule has 10 heteroatoms. The molecule has 0 fully saturated rings. The van der Waals surface area contributed by atoms with E-state index in [0.29, 0.717) is 33.5 Å². The van der Waals surface area contributed by atoms with Crippen molar-refractivity contribution in [1.82, 2.24) is 9.55 Å². The highest BCUT2D eigenvalue weighted by atomic mass is 17.2. The standard InChI is InChI=1S/C51H42N2O8/c1-4-29-58-61-34-51(32-59-56-5-2,33-60-57-6-3)31-42(54)39-27-28-40-41(30-39)53-49(52-40)47-45(37-23-15-9-16-24-37)43(35-19-11-7-12-20-35)44(36-21-13-8-14-22-36)46(48(47)50(53)55)38-25-17-10-18-26-38/h4-28,30H,1-3,29,31-34H2. The summed E-state index contributed by atoms with van der Waals surface area (Å²) in [6.45, 7) is 10.3. The van der Waals surface area contributed by atoms with Crippen molar-refractivity contribution in [3.05, 3.63) is 189 Å². The van der Waals surface area contributed by atoms with Crippen LogP contribution in [-0.4, -0.2) is 47.7 Å². The van der Waals surface area contributed by atoms with Gasteiger partial charge >= 0.3 is 0 Å². The smallest absolute Gasteiger partial charge is 0.265 e. The molecule has 0 bridgehead atoms. The SMILES string of the molecule is C=CCOOCC(COOC=C)(COOC=C)CC(=O)c1ccc2nc3n(c2c1)C(=O)c1c(-c2ccccc2)c(-c2ccccc2)c(-c2ccccc2)c(-c2ccccc2)c1-3. The van der Waals surface area contributed by atoms with Crippen LogP contribution in [0.5, 0.6) is 0 Å². The first-order valence-corrected chi connectivity index (χ1v) is 19.7. The quantitative estimate of drug-likeness (QED) is 0.0186. The fourth-order valence-electron chi connectivity index (χ4n) is 7.89. The van der Waals surface area contributed by atoms with Gasteiger partial charge in [-0.3, -0.25) is 14.2 Å². The van der Waals surface area contributed by atoms with Gasteiger partial charge in [-0.2, -0.15) is 9.78 Å². The summed E-state index contributed by atoms with van der Waals surface area (Å²) >= 11 is 0. The topological polar surface area (TPSA) is 107 Å². The molecule has 61 heavy (non-hydrogen) atoms. The highest BCUT2D eigenvalue weighted by Gasteiger charge is 2.41. The molecule has 0 N–H and O–H groups in total. The van der Waals surface area contributed by atoms with Crippen molar-refractivity contribution >= 4 is 22.7 Å². The van der Waals surface area contributed by atoms with Crippen LogP contribution < -0.4 is 0 Å². The number of imidazole rings is 1. The van der Waals surface area contributed by atoms with Gasteiger partial charge in [-0.15, -0.1) is 6.58 Å². The van der Waals surface area contributed by atoms with Gasteiger partial charge < -0.3 is 9.78 Å². The van der Waals surface area contributed by atoms with E-state index in [2.05, 4.69) is 56.1 Å². The summed E-state index contributed by atoms with van der Waals surface area (Å²) in [7, 11) is 0. The number of carbonyl (C=O) groups is 2. The van der Waals surface area contributed by atoms with E-state index in [0.717, 1.165) is 57.0 Å². The lowest BCUT2D eigenvalue weighted by molar-refractivity contribution is -0.344. The summed E-state index contributed by atoms with van der Waals surface area (Å²) in [5.74, 6) is -0.0683. The molecule has 0 saturated heterocycles. The number of rotatable bonds is 20. The van der Waals surface area contributed by atoms with Gasteiger partial charge in [-0.1, -0.05) is 141 Å². The molecule has 8 rings (SSSR count). The van der Waals surface area contributed by atoms with Crippen molar-refractivity contribution in [3.63, 3.8) is 0 Å². The maximum Gasteiger partial charge on any atom is 0.265 e. The van der Waals surface area contributed by atoms with E-state index in [1.54, 1.807) is 22.8 Å². The van der Waals surface area contributed by atoms with Gasteiger partial charge in [0.05, 0.1) is 28.6 Å². The van der Waals surface area contributed by atoms with Crippen molar-refractivity contribution < 1.29 is 38.9 Å². The Morgan fingerprint density at radius 1 is 0.574 bits per heavy atom. The van der Waals surface area contributed by atoms with Crippen LogP contribution >= 0.6 is 0 Å². The minimum absolute atomic E-state index is 0.106. The number of ketones is 1. The monoisotopic (exact) mass is 810 g/mol. The van der Waals surface area contributed by atoms with Gasteiger partial charge in [-0.25, -0.2) is 14.8 Å². The zero-order chi connectivity index (χ0) is 42.2. The lowest BCUT2D eigenvalue weighted by Gasteiger charge is -2.30. The molecule has 0 atom stereocenters. The molecule has 1 aliphatic rings. The molecular formula is C51H42N2O8. The molecule has 0 radical (unpaired) electrons. The average Bonchev–Trinajstić information content (AvgIpc) is 3.82. The van der Waals surface area contributed by atoms with Crippen molar-refractivity contribution in [2.75, 3.05) is 26.4 Å². The molecule has 7 aromatic rings. The van der Waals surface area contributed by atoms with E-state index < -0.39 is 5.41 Å². The van der Waals surface area contributed by atoms with Gasteiger partial charge in [0, 0.05) is 28.7 Å². The fraction of sp³-hybridized carbons (Fsp3) is 0.118. The number of hydrogen-bond acceptors (Lipinski definition) is 9. The minimum atomic E-state index is -1.18. The van der Waals surface area contributed by atoms with Gasteiger partial charge in [0.25, 0.3) is 5.91 Å². The van der Waals surface area contributed by atoms with Crippen molar-refractivity contribution in [2.45, 2.75) is 6.42 Å². The van der Waals surface area contributed by atoms with E-state index >= 15 is 4.79 Å². The number of fused-ring (bicyclic) bond motifs is 5. The third-order valence-corrected chi connectivity index (χ3v) is 10.5. The van der Waals surface area contributed by atoms with Gasteiger partial charge in [-0.05, 0) is 51.6 Å². The first-order valence-electron chi connectivity index (χ1n) is 19.7. The number of carbonyl (C=O) groups excluding carboxylic acids is 2. The maximum absolute atomic E-state index is 15.5. The largest absolute Gasteiger partial charge is 0.346 e. The average molecular weight is 811 g/mol. The summed E-state index contributed by atoms with van der Waals surface area (Å²) in [6.07, 6.45) is 3.59. The molecule has 0 saturated carbocycles. The van der Waals surface area contributed by atoms with Crippen LogP contribution in [0.25, 0.3) is 66.9 Å². The summed E-state index contributed by atoms with van der Waals surface area (Å²) in [5, 5.41) is 0. The lowest BCUT2D eigenvalue weighted by Crippen LogP contribution is -2.39. The molecule has 1 aromatic heterocycles. The van der Waals surface area contributed by atoms with E-state index in [9.17, 15) is 4.79 Å². The van der Waals surface area contributed by atoms with Crippen LogP contribution in [0.15, 0.2) is 178 Å². The number of hydrogen-bond donors (Lipinski definition) is 0. The maximum atomic E-state index is 15.5. The second-order valence-electron chi connectivity index (χ2n) is 14.5. The minimum Gasteiger partial charge on any atom is -0.346 e. The number of nitrogens with zero attached hydrogens (tertiary/aromatic N) is 2. The molecule has 10 nitrogen and oxygen atoms in total. The van der Waals surface area contributed by atoms with Crippen LogP contribution in [0.4, 0.5) is 0 Å². The van der Waals surface area contributed by atoms with Gasteiger partial charge in [0.2, 0.25) is 0 Å². The second kappa shape index (κ2) is 18.4. The Balaban J connectivity index is 1.34. The highest BCUT2D eigenvalue weighted by molar-refractivity contribution is 6.24. The molecule has 0 aliphatic carbocycles. The lowest BCUT2D eigenvalue weighted by atomic mass is 9.77. The Hall–Kier alpha value is -7.21. The first-order chi connectivity index (χ1) is 30.0. The molecular weight excluding hydrogens is 769 g/mol. The van der Waals surface area contributed by atoms with Gasteiger partial charge in [0.1, 0.15) is 38.2 Å². The highest BCUT2D eigenvalue weighted by Crippen LogP contribution is 2.55. The van der Waals surface area contributed by atoms with Crippen LogP contribution in [0, 0.1) is 5.41 Å². The number of Topliss-reactive ketones (excluding diaryl/α,β-unsaturated/α-hetero) is 1. The predicted octanol–water partition coefficient (Wildman–Crippen LogP) is 11.2. The summed E-state index contributed by atoms with van der Waals surface area (Å²) < 4.78 is 1.64. The predicted molar refractivity (Wildman–Crippen MR) is 235 cm³/mol. The Morgan fingerprint density at radius 2 is 1.03 bits per heavy atom. The van der Waals surface area contributed by atoms with E-state index in [1.807, 2.05) is 84.9 Å². The number of benzene rings is 6. The van der Waals surface area contributed by atoms with E-state index in [4.69, 9.17) is 34.3 Å². The van der Waals surface area contributed by atoms with E-state index in [1.165, 1.54) is 6.08 Å². The number of aromatic nitrogens is 2. The Bertz CT molecular complexity index is 2700. The zero-order valence-electron chi connectivity index (χ0n) is 33.3. The Kier molecular flexibility index (Phi) is 12.2. The second-order valence-corrected chi connectivity index (χ2v) is 14.5. The van der Waals surface area contributed by atoms with E-state index in [-0.39, 0.29) is 44.5 Å². The first kappa shape index (κ1) is 40.6. The normalized spacial score (nSPS) is 11.8. The van der Waals surface area contributed by atoms with Crippen LogP contribution in [-0.2, 0) is 29.3 Å². The molecule has 0 spiro atoms. The van der Waals surface area contributed by atoms with Crippen LogP contribution in [0.1, 0.15) is 27.1 Å². The Labute approximate surface area is 353 Å². The molecule has 304 valence electrons. The van der Waals surface area contributed by atoms with Crippen LogP contribution in [0.3, 0.4) is 0 Å². The van der Waals surface area contributed by atoms with Crippen LogP contribution in [0.2, 0.25) is 0 Å². The summed E-state index contributed by atoms with van der Waals surface area (Å²) in [4.78, 5) is 66.5. The third-order valence-electron chi connectivity index (χ3n) is 10.5. The van der Waals surface area contributed by atoms with Crippen molar-refractivity contribution in [3.8, 4) is 55.9 Å². The van der Waals surface area contributed by atoms with Crippen molar-refractivity contribution in [1.29, 1.82) is 0 Å². The van der Waals surface area contributed by atoms with Crippen molar-refractivity contribution in [2.24, 2.45) is 5.41 Å². The molecule has 0 amide bonds. The fourth-order valence-corrected chi connectivity index (χ4v) is 7.89. The molecule has 6 aromatic carbocycles. The summed E-state index contributed by atoms with van der Waals surface area (Å²) in [5.41, 5.74) is 8.76. The molecule has 2 heterocycles. The Morgan fingerprint density at radius 3 is 1.51 bits per heavy atom. The summed E-state index contributed by atoms with van der Waals surface area (Å²) in [6, 6.07) is 45.7. The molecule has 0 unspecified atom stereocenters. The van der Waals surface area contributed by atoms with Gasteiger partial charge in [0.15, 0.2) is 5.78 Å². The third kappa shape index (κ3) is 8.08. The molecule has 1 aliphatic heterocycles. The zero-order valence-corrected chi connectivity index (χ0v) is 33.3.